The predicted molar refractivity (Wildman–Crippen MR) is 91.1 cm³/mol. The molecule has 2 aromatic rings. The SMILES string of the molecule is N#CCc1ccc(OCCn2c3c(sc2=O)CCCCC3)cc1. The summed E-state index contributed by atoms with van der Waals surface area (Å²) in [4.78, 5) is 13.6. The summed E-state index contributed by atoms with van der Waals surface area (Å²) < 4.78 is 7.65. The van der Waals surface area contributed by atoms with E-state index in [1.807, 2.05) is 28.8 Å². The average molecular weight is 328 g/mol. The Balaban J connectivity index is 1.62. The van der Waals surface area contributed by atoms with E-state index in [4.69, 9.17) is 10.00 Å². The molecule has 1 aromatic carbocycles. The largest absolute Gasteiger partial charge is 0.492 e. The van der Waals surface area contributed by atoms with Crippen molar-refractivity contribution in [1.29, 1.82) is 5.26 Å². The quantitative estimate of drug-likeness (QED) is 0.791. The molecule has 3 rings (SSSR count). The molecule has 0 radical (unpaired) electrons. The molecule has 0 atom stereocenters. The topological polar surface area (TPSA) is 55.0 Å². The number of hydrogen-bond acceptors (Lipinski definition) is 4. The van der Waals surface area contributed by atoms with Crippen molar-refractivity contribution >= 4 is 11.3 Å². The summed E-state index contributed by atoms with van der Waals surface area (Å²) >= 11 is 1.41. The summed E-state index contributed by atoms with van der Waals surface area (Å²) in [6.45, 7) is 1.09. The summed E-state index contributed by atoms with van der Waals surface area (Å²) in [6, 6.07) is 9.69. The highest BCUT2D eigenvalue weighted by Crippen LogP contribution is 2.23. The highest BCUT2D eigenvalue weighted by Gasteiger charge is 2.16. The monoisotopic (exact) mass is 328 g/mol. The Morgan fingerprint density at radius 3 is 2.74 bits per heavy atom. The van der Waals surface area contributed by atoms with Crippen molar-refractivity contribution in [2.75, 3.05) is 6.61 Å². The van der Waals surface area contributed by atoms with E-state index in [0.717, 1.165) is 24.2 Å². The van der Waals surface area contributed by atoms with E-state index in [9.17, 15) is 4.79 Å². The van der Waals surface area contributed by atoms with Gasteiger partial charge in [0, 0.05) is 10.6 Å². The first kappa shape index (κ1) is 15.8. The van der Waals surface area contributed by atoms with Crippen LogP contribution in [0.25, 0.3) is 0 Å². The van der Waals surface area contributed by atoms with Crippen LogP contribution in [0.5, 0.6) is 5.75 Å². The van der Waals surface area contributed by atoms with Crippen LogP contribution in [0.1, 0.15) is 35.4 Å². The van der Waals surface area contributed by atoms with E-state index >= 15 is 0 Å². The smallest absolute Gasteiger partial charge is 0.307 e. The zero-order valence-corrected chi connectivity index (χ0v) is 13.9. The van der Waals surface area contributed by atoms with Crippen molar-refractivity contribution < 1.29 is 4.74 Å². The molecule has 1 heterocycles. The van der Waals surface area contributed by atoms with Gasteiger partial charge in [-0.2, -0.15) is 5.26 Å². The fourth-order valence-electron chi connectivity index (χ4n) is 2.98. The molecule has 5 heteroatoms. The Kier molecular flexibility index (Phi) is 5.14. The van der Waals surface area contributed by atoms with Gasteiger partial charge in [-0.3, -0.25) is 9.36 Å². The molecule has 120 valence electrons. The number of aromatic nitrogens is 1. The molecule has 1 aliphatic carbocycles. The zero-order chi connectivity index (χ0) is 16.1. The fraction of sp³-hybridized carbons (Fsp3) is 0.444. The van der Waals surface area contributed by atoms with Crippen LogP contribution in [0.15, 0.2) is 29.1 Å². The van der Waals surface area contributed by atoms with E-state index in [1.54, 1.807) is 0 Å². The highest BCUT2D eigenvalue weighted by molar-refractivity contribution is 7.09. The molecule has 0 saturated carbocycles. The number of ether oxygens (including phenoxy) is 1. The second-order valence-corrected chi connectivity index (χ2v) is 6.82. The lowest BCUT2D eigenvalue weighted by Gasteiger charge is -2.10. The maximum Gasteiger partial charge on any atom is 0.307 e. The van der Waals surface area contributed by atoms with Gasteiger partial charge in [-0.25, -0.2) is 0 Å². The van der Waals surface area contributed by atoms with E-state index < -0.39 is 0 Å². The minimum absolute atomic E-state index is 0.143. The molecule has 0 fully saturated rings. The molecule has 0 amide bonds. The lowest BCUT2D eigenvalue weighted by molar-refractivity contribution is 0.295. The number of rotatable bonds is 5. The van der Waals surface area contributed by atoms with Gasteiger partial charge < -0.3 is 4.74 Å². The summed E-state index contributed by atoms with van der Waals surface area (Å²) in [6.07, 6.45) is 6.08. The van der Waals surface area contributed by atoms with E-state index in [2.05, 4.69) is 6.07 Å². The Hall–Kier alpha value is -2.06. The number of thiazole rings is 1. The number of fused-ring (bicyclic) bond motifs is 1. The first-order valence-corrected chi connectivity index (χ1v) is 8.89. The molecule has 23 heavy (non-hydrogen) atoms. The standard InChI is InChI=1S/C18H20N2O2S/c19-11-10-14-6-8-15(9-7-14)22-13-12-20-16-4-2-1-3-5-17(16)23-18(20)21/h6-9H,1-5,10,12-13H2. The van der Waals surface area contributed by atoms with Gasteiger partial charge in [0.2, 0.25) is 0 Å². The summed E-state index contributed by atoms with van der Waals surface area (Å²) in [7, 11) is 0. The molecule has 0 unspecified atom stereocenters. The van der Waals surface area contributed by atoms with Crippen LogP contribution in [0, 0.1) is 11.3 Å². The third-order valence-corrected chi connectivity index (χ3v) is 5.27. The molecular weight excluding hydrogens is 308 g/mol. The van der Waals surface area contributed by atoms with Gasteiger partial charge in [0.25, 0.3) is 0 Å². The molecular formula is C18H20N2O2S. The first-order chi connectivity index (χ1) is 11.3. The van der Waals surface area contributed by atoms with Crippen LogP contribution in [0.3, 0.4) is 0 Å². The molecule has 1 aliphatic rings. The number of benzene rings is 1. The van der Waals surface area contributed by atoms with E-state index in [1.165, 1.54) is 41.2 Å². The Bertz CT molecular complexity index is 753. The zero-order valence-electron chi connectivity index (χ0n) is 13.1. The molecule has 0 bridgehead atoms. The van der Waals surface area contributed by atoms with Crippen molar-refractivity contribution in [3.05, 3.63) is 50.1 Å². The number of nitrogens with zero attached hydrogens (tertiary/aromatic N) is 2. The molecule has 0 N–H and O–H groups in total. The van der Waals surface area contributed by atoms with Gasteiger partial charge in [-0.15, -0.1) is 0 Å². The average Bonchev–Trinajstić information content (AvgIpc) is 2.72. The maximum atomic E-state index is 12.2. The van der Waals surface area contributed by atoms with Gasteiger partial charge in [0.1, 0.15) is 12.4 Å². The van der Waals surface area contributed by atoms with Crippen LogP contribution < -0.4 is 9.61 Å². The lowest BCUT2D eigenvalue weighted by Crippen LogP contribution is -2.20. The van der Waals surface area contributed by atoms with Crippen LogP contribution in [-0.2, 0) is 25.8 Å². The van der Waals surface area contributed by atoms with Crippen molar-refractivity contribution in [3.63, 3.8) is 0 Å². The Morgan fingerprint density at radius 2 is 1.96 bits per heavy atom. The lowest BCUT2D eigenvalue weighted by atomic mass is 10.2. The van der Waals surface area contributed by atoms with Gasteiger partial charge in [-0.1, -0.05) is 29.9 Å². The number of nitriles is 1. The Morgan fingerprint density at radius 1 is 1.17 bits per heavy atom. The second-order valence-electron chi connectivity index (χ2n) is 5.78. The van der Waals surface area contributed by atoms with E-state index in [-0.39, 0.29) is 4.87 Å². The van der Waals surface area contributed by atoms with Gasteiger partial charge in [0.05, 0.1) is 19.0 Å². The number of hydrogen-bond donors (Lipinski definition) is 0. The summed E-state index contributed by atoms with van der Waals surface area (Å²) in [5.74, 6) is 0.779. The van der Waals surface area contributed by atoms with Gasteiger partial charge in [0.15, 0.2) is 0 Å². The van der Waals surface area contributed by atoms with Crippen LogP contribution in [0.4, 0.5) is 0 Å². The van der Waals surface area contributed by atoms with Crippen molar-refractivity contribution in [2.45, 2.75) is 45.1 Å². The normalized spacial score (nSPS) is 13.9. The highest BCUT2D eigenvalue weighted by atomic mass is 32.1. The summed E-state index contributed by atoms with van der Waals surface area (Å²) in [5, 5.41) is 8.67. The molecule has 0 saturated heterocycles. The van der Waals surface area contributed by atoms with Crippen molar-refractivity contribution in [1.82, 2.24) is 4.57 Å². The molecule has 0 aliphatic heterocycles. The van der Waals surface area contributed by atoms with Crippen LogP contribution >= 0.6 is 11.3 Å². The van der Waals surface area contributed by atoms with Gasteiger partial charge in [-0.05, 0) is 43.4 Å². The minimum Gasteiger partial charge on any atom is -0.492 e. The Labute approximate surface area is 140 Å². The maximum absolute atomic E-state index is 12.2. The van der Waals surface area contributed by atoms with Crippen LogP contribution in [0.2, 0.25) is 0 Å². The summed E-state index contributed by atoms with van der Waals surface area (Å²) in [5.41, 5.74) is 2.21. The third-order valence-electron chi connectivity index (χ3n) is 4.19. The van der Waals surface area contributed by atoms with Crippen molar-refractivity contribution in [2.24, 2.45) is 0 Å². The van der Waals surface area contributed by atoms with Crippen LogP contribution in [-0.4, -0.2) is 11.2 Å². The van der Waals surface area contributed by atoms with E-state index in [0.29, 0.717) is 19.6 Å². The fourth-order valence-corrected chi connectivity index (χ4v) is 4.08. The number of aryl methyl sites for hydroxylation is 1. The molecule has 0 spiro atoms. The third kappa shape index (κ3) is 3.83. The molecule has 4 nitrogen and oxygen atoms in total. The van der Waals surface area contributed by atoms with Crippen molar-refractivity contribution in [3.8, 4) is 11.8 Å². The predicted octanol–water partition coefficient (Wildman–Crippen LogP) is 3.32. The molecule has 1 aromatic heterocycles. The van der Waals surface area contributed by atoms with Gasteiger partial charge >= 0.3 is 4.87 Å². The minimum atomic E-state index is 0.143. The second kappa shape index (κ2) is 7.47. The first-order valence-electron chi connectivity index (χ1n) is 8.08.